The molecule has 0 atom stereocenters. The Bertz CT molecular complexity index is 1020. The minimum atomic E-state index is -1.35. The number of amides is 2. The predicted molar refractivity (Wildman–Crippen MR) is 138 cm³/mol. The first-order chi connectivity index (χ1) is 16.6. The smallest absolute Gasteiger partial charge is 0.319 e. The van der Waals surface area contributed by atoms with Crippen molar-refractivity contribution in [2.75, 3.05) is 37.5 Å². The zero-order chi connectivity index (χ0) is 25.8. The van der Waals surface area contributed by atoms with Crippen molar-refractivity contribution in [2.45, 2.75) is 39.3 Å². The van der Waals surface area contributed by atoms with Crippen molar-refractivity contribution in [1.82, 2.24) is 5.32 Å². The summed E-state index contributed by atoms with van der Waals surface area (Å²) in [6, 6.07) is 9.36. The summed E-state index contributed by atoms with van der Waals surface area (Å²) in [5.41, 5.74) is 0.785. The first-order valence-electron chi connectivity index (χ1n) is 11.4. The van der Waals surface area contributed by atoms with Gasteiger partial charge in [0.1, 0.15) is 17.2 Å². The van der Waals surface area contributed by atoms with Crippen molar-refractivity contribution in [3.05, 3.63) is 54.4 Å². The lowest BCUT2D eigenvalue weighted by Crippen LogP contribution is -2.32. The molecule has 0 radical (unpaired) electrons. The van der Waals surface area contributed by atoms with Crippen LogP contribution in [0.2, 0.25) is 0 Å². The van der Waals surface area contributed by atoms with Gasteiger partial charge >= 0.3 is 6.03 Å². The quantitative estimate of drug-likeness (QED) is 0.228. The molecule has 190 valence electrons. The van der Waals surface area contributed by atoms with Crippen LogP contribution in [-0.2, 0) is 4.74 Å². The van der Waals surface area contributed by atoms with Gasteiger partial charge in [0.25, 0.3) is 0 Å². The summed E-state index contributed by atoms with van der Waals surface area (Å²) in [6.45, 7) is 9.80. The molecule has 0 spiro atoms. The van der Waals surface area contributed by atoms with Gasteiger partial charge in [-0.2, -0.15) is 0 Å². The predicted octanol–water partition coefficient (Wildman–Crippen LogP) is 6.31. The van der Waals surface area contributed by atoms with E-state index in [1.54, 1.807) is 50.6 Å². The van der Waals surface area contributed by atoms with Crippen LogP contribution in [0.15, 0.2) is 48.0 Å². The fraction of sp³-hybridized carbons (Fsp3) is 0.385. The van der Waals surface area contributed by atoms with Gasteiger partial charge in [0.2, 0.25) is 0 Å². The molecule has 0 saturated carbocycles. The van der Waals surface area contributed by atoms with Gasteiger partial charge in [-0.15, -0.1) is 0 Å². The third-order valence-corrected chi connectivity index (χ3v) is 4.82. The summed E-state index contributed by atoms with van der Waals surface area (Å²) >= 11 is 0. The van der Waals surface area contributed by atoms with Crippen molar-refractivity contribution in [2.24, 2.45) is 4.99 Å². The second kappa shape index (κ2) is 13.4. The van der Waals surface area contributed by atoms with Gasteiger partial charge in [-0.3, -0.25) is 4.99 Å². The van der Waals surface area contributed by atoms with Crippen LogP contribution in [0, 0.1) is 5.82 Å². The van der Waals surface area contributed by atoms with Crippen LogP contribution < -0.4 is 20.7 Å². The molecule has 2 aromatic rings. The molecule has 0 saturated heterocycles. The second-order valence-electron chi connectivity index (χ2n) is 8.41. The standard InChI is InChI=1S/C26H34F2N4O3/c1-6-29-23-17-21(35-15-7-14-34-5)16-22(27)24(23)18(2)31-19-8-10-20(11-9-19)32-25(33)30-13-12-26(3,4)28/h6,8-11,16-17,31H,2,7,12-15H2,1,3-5H3,(H2,30,32,33). The Morgan fingerprint density at radius 1 is 1.14 bits per heavy atom. The largest absolute Gasteiger partial charge is 0.493 e. The summed E-state index contributed by atoms with van der Waals surface area (Å²) in [5.74, 6) is -0.140. The van der Waals surface area contributed by atoms with Crippen molar-refractivity contribution in [3.8, 4) is 5.75 Å². The topological polar surface area (TPSA) is 84.0 Å². The maximum Gasteiger partial charge on any atom is 0.319 e. The van der Waals surface area contributed by atoms with E-state index in [0.717, 1.165) is 0 Å². The number of urea groups is 1. The van der Waals surface area contributed by atoms with Crippen molar-refractivity contribution < 1.29 is 23.0 Å². The molecule has 0 aromatic heterocycles. The number of aliphatic imine (C=N–C) groups is 1. The molecule has 2 amide bonds. The molecule has 0 aliphatic heterocycles. The molecule has 3 N–H and O–H groups in total. The molecule has 2 aromatic carbocycles. The molecule has 0 heterocycles. The minimum absolute atomic E-state index is 0.215. The molecule has 0 aliphatic rings. The lowest BCUT2D eigenvalue weighted by atomic mass is 10.1. The number of nitrogens with one attached hydrogen (secondary N) is 3. The number of alkyl halides is 1. The molecule has 0 fully saturated rings. The van der Waals surface area contributed by atoms with E-state index in [2.05, 4.69) is 27.5 Å². The second-order valence-corrected chi connectivity index (χ2v) is 8.41. The first-order valence-corrected chi connectivity index (χ1v) is 11.4. The highest BCUT2D eigenvalue weighted by molar-refractivity contribution is 5.90. The van der Waals surface area contributed by atoms with E-state index < -0.39 is 17.5 Å². The number of hydrogen-bond donors (Lipinski definition) is 3. The van der Waals surface area contributed by atoms with Crippen molar-refractivity contribution in [3.63, 3.8) is 0 Å². The van der Waals surface area contributed by atoms with E-state index in [1.165, 1.54) is 19.9 Å². The number of rotatable bonds is 13. The number of halogens is 2. The fourth-order valence-electron chi connectivity index (χ4n) is 3.11. The number of ether oxygens (including phenoxy) is 2. The van der Waals surface area contributed by atoms with E-state index in [0.29, 0.717) is 48.1 Å². The summed E-state index contributed by atoms with van der Waals surface area (Å²) in [6.07, 6.45) is 2.47. The van der Waals surface area contributed by atoms with Gasteiger partial charge in [-0.1, -0.05) is 6.58 Å². The molecule has 0 bridgehead atoms. The Balaban J connectivity index is 2.03. The Labute approximate surface area is 205 Å². The van der Waals surface area contributed by atoms with E-state index in [9.17, 15) is 13.6 Å². The van der Waals surface area contributed by atoms with E-state index in [-0.39, 0.29) is 18.5 Å². The maximum atomic E-state index is 15.0. The molecular weight excluding hydrogens is 454 g/mol. The van der Waals surface area contributed by atoms with E-state index >= 15 is 0 Å². The molecule has 0 aliphatic carbocycles. The lowest BCUT2D eigenvalue weighted by molar-refractivity contribution is 0.172. The summed E-state index contributed by atoms with van der Waals surface area (Å²) in [5, 5.41) is 8.37. The Morgan fingerprint density at radius 2 is 1.80 bits per heavy atom. The monoisotopic (exact) mass is 488 g/mol. The molecule has 7 nitrogen and oxygen atoms in total. The highest BCUT2D eigenvalue weighted by Crippen LogP contribution is 2.33. The normalized spacial score (nSPS) is 11.4. The first kappa shape index (κ1) is 27.8. The molecule has 2 rings (SSSR count). The van der Waals surface area contributed by atoms with Crippen molar-refractivity contribution >= 4 is 35.0 Å². The Morgan fingerprint density at radius 3 is 2.40 bits per heavy atom. The molecule has 0 unspecified atom stereocenters. The highest BCUT2D eigenvalue weighted by atomic mass is 19.1. The third kappa shape index (κ3) is 9.74. The fourth-order valence-corrected chi connectivity index (χ4v) is 3.11. The van der Waals surface area contributed by atoms with Crippen LogP contribution in [0.5, 0.6) is 5.75 Å². The van der Waals surface area contributed by atoms with Gasteiger partial charge in [-0.25, -0.2) is 13.6 Å². The van der Waals surface area contributed by atoms with Gasteiger partial charge in [0, 0.05) is 62.1 Å². The van der Waals surface area contributed by atoms with Gasteiger partial charge in [-0.05, 0) is 51.5 Å². The minimum Gasteiger partial charge on any atom is -0.493 e. The third-order valence-electron chi connectivity index (χ3n) is 4.82. The number of carbonyl (C=O) groups is 1. The summed E-state index contributed by atoms with van der Waals surface area (Å²) < 4.78 is 39.1. The van der Waals surface area contributed by atoms with Crippen LogP contribution in [0.3, 0.4) is 0 Å². The van der Waals surface area contributed by atoms with E-state index in [4.69, 9.17) is 9.47 Å². The highest BCUT2D eigenvalue weighted by Gasteiger charge is 2.16. The van der Waals surface area contributed by atoms with Crippen LogP contribution in [0.1, 0.15) is 39.2 Å². The summed E-state index contributed by atoms with van der Waals surface area (Å²) in [7, 11) is 1.61. The summed E-state index contributed by atoms with van der Waals surface area (Å²) in [4.78, 5) is 16.2. The lowest BCUT2D eigenvalue weighted by Gasteiger charge is -2.16. The molecular formula is C26H34F2N4O3. The van der Waals surface area contributed by atoms with Gasteiger partial charge in [0.05, 0.1) is 17.9 Å². The maximum absolute atomic E-state index is 15.0. The van der Waals surface area contributed by atoms with Crippen molar-refractivity contribution in [1.29, 1.82) is 0 Å². The number of carbonyl (C=O) groups excluding carboxylic acids is 1. The molecule has 9 heteroatoms. The average Bonchev–Trinajstić information content (AvgIpc) is 2.77. The number of methoxy groups -OCH3 is 1. The number of benzene rings is 2. The number of anilines is 2. The van der Waals surface area contributed by atoms with Crippen LogP contribution in [0.4, 0.5) is 30.6 Å². The Kier molecular flexibility index (Phi) is 10.7. The number of hydrogen-bond acceptors (Lipinski definition) is 5. The SMILES string of the molecule is C=C(Nc1ccc(NC(=O)NCCC(C)(C)F)cc1)c1c(F)cc(OCCCOC)cc1N=CC. The Hall–Kier alpha value is -3.46. The zero-order valence-corrected chi connectivity index (χ0v) is 20.7. The zero-order valence-electron chi connectivity index (χ0n) is 20.7. The number of nitrogens with zero attached hydrogens (tertiary/aromatic N) is 1. The average molecular weight is 489 g/mol. The van der Waals surface area contributed by atoms with Gasteiger partial charge in [0.15, 0.2) is 0 Å². The van der Waals surface area contributed by atoms with Crippen LogP contribution >= 0.6 is 0 Å². The van der Waals surface area contributed by atoms with Crippen LogP contribution in [0.25, 0.3) is 5.70 Å². The van der Waals surface area contributed by atoms with Crippen LogP contribution in [-0.4, -0.2) is 44.8 Å². The molecule has 35 heavy (non-hydrogen) atoms. The van der Waals surface area contributed by atoms with Gasteiger partial charge < -0.3 is 25.4 Å². The van der Waals surface area contributed by atoms with E-state index in [1.807, 2.05) is 0 Å².